The first-order chi connectivity index (χ1) is 14.0. The Morgan fingerprint density at radius 1 is 1.00 bits per heavy atom. The average Bonchev–Trinajstić information content (AvgIpc) is 2.64. The first-order valence-electron chi connectivity index (χ1n) is 9.03. The number of nitrogens with one attached hydrogen (secondary N) is 1. The maximum absolute atomic E-state index is 14.2. The molecule has 0 aliphatic rings. The van der Waals surface area contributed by atoms with Crippen molar-refractivity contribution in [3.05, 3.63) is 71.7 Å². The van der Waals surface area contributed by atoms with Crippen LogP contribution in [0.3, 0.4) is 0 Å². The zero-order valence-corrected chi connectivity index (χ0v) is 17.4. The summed E-state index contributed by atoms with van der Waals surface area (Å²) in [5.41, 5.74) is 0.338. The van der Waals surface area contributed by atoms with Crippen molar-refractivity contribution in [2.45, 2.75) is 31.3 Å². The number of para-hydroxylation sites is 1. The van der Waals surface area contributed by atoms with Crippen LogP contribution in [0.25, 0.3) is 11.3 Å². The maximum atomic E-state index is 14.2. The van der Waals surface area contributed by atoms with Crippen molar-refractivity contribution in [1.82, 2.24) is 9.97 Å². The van der Waals surface area contributed by atoms with Gasteiger partial charge in [-0.1, -0.05) is 18.2 Å². The van der Waals surface area contributed by atoms with E-state index in [2.05, 4.69) is 15.3 Å². The molecule has 0 spiro atoms. The zero-order valence-electron chi connectivity index (χ0n) is 16.6. The second kappa shape index (κ2) is 8.06. The molecule has 158 valence electrons. The molecule has 9 heteroatoms. The van der Waals surface area contributed by atoms with Crippen molar-refractivity contribution >= 4 is 21.5 Å². The van der Waals surface area contributed by atoms with Crippen LogP contribution in [0.5, 0.6) is 0 Å². The van der Waals surface area contributed by atoms with Crippen molar-refractivity contribution in [3.63, 3.8) is 0 Å². The summed E-state index contributed by atoms with van der Waals surface area (Å²) in [5, 5.41) is 2.86. The topological polar surface area (TPSA) is 72.0 Å². The van der Waals surface area contributed by atoms with Gasteiger partial charge in [0, 0.05) is 17.3 Å². The second-order valence-electron chi connectivity index (χ2n) is 7.67. The first-order valence-corrected chi connectivity index (χ1v) is 10.7. The Morgan fingerprint density at radius 3 is 2.37 bits per heavy atom. The lowest BCUT2D eigenvalue weighted by Gasteiger charge is -2.20. The molecule has 1 heterocycles. The van der Waals surface area contributed by atoms with Gasteiger partial charge in [0.1, 0.15) is 17.3 Å². The molecule has 0 saturated carbocycles. The third kappa shape index (κ3) is 4.62. The molecular formula is C21H20F3N3O2S. The van der Waals surface area contributed by atoms with Gasteiger partial charge >= 0.3 is 0 Å². The second-order valence-corrected chi connectivity index (χ2v) is 10.4. The van der Waals surface area contributed by atoms with Crippen LogP contribution in [0.15, 0.2) is 48.7 Å². The molecule has 0 fully saturated rings. The fraction of sp³-hybridized carbons (Fsp3) is 0.238. The van der Waals surface area contributed by atoms with Crippen molar-refractivity contribution in [2.75, 3.05) is 5.32 Å². The third-order valence-corrected chi connectivity index (χ3v) is 7.03. The highest BCUT2D eigenvalue weighted by atomic mass is 32.2. The van der Waals surface area contributed by atoms with Crippen LogP contribution >= 0.6 is 0 Å². The number of sulfone groups is 1. The van der Waals surface area contributed by atoms with Gasteiger partial charge in [0.2, 0.25) is 5.95 Å². The zero-order chi connectivity index (χ0) is 22.1. The van der Waals surface area contributed by atoms with Crippen LogP contribution in [-0.2, 0) is 15.6 Å². The number of hydrogen-bond donors (Lipinski definition) is 1. The Kier molecular flexibility index (Phi) is 5.85. The molecule has 1 aromatic heterocycles. The average molecular weight is 435 g/mol. The van der Waals surface area contributed by atoms with Crippen LogP contribution in [-0.4, -0.2) is 23.1 Å². The molecule has 0 aliphatic heterocycles. The Hall–Kier alpha value is -2.94. The Balaban J connectivity index is 1.97. The molecule has 0 aliphatic carbocycles. The lowest BCUT2D eigenvalue weighted by molar-refractivity contribution is 0.559. The lowest BCUT2D eigenvalue weighted by atomic mass is 10.1. The summed E-state index contributed by atoms with van der Waals surface area (Å²) in [6.07, 6.45) is 0.863. The van der Waals surface area contributed by atoms with E-state index in [0.29, 0.717) is 17.3 Å². The smallest absolute Gasteiger partial charge is 0.227 e. The van der Waals surface area contributed by atoms with Gasteiger partial charge in [-0.05, 0) is 44.5 Å². The molecule has 1 N–H and O–H groups in total. The van der Waals surface area contributed by atoms with Gasteiger partial charge in [-0.15, -0.1) is 0 Å². The molecule has 30 heavy (non-hydrogen) atoms. The lowest BCUT2D eigenvalue weighted by Crippen LogP contribution is -2.29. The van der Waals surface area contributed by atoms with E-state index in [1.165, 1.54) is 0 Å². The van der Waals surface area contributed by atoms with E-state index in [4.69, 9.17) is 0 Å². The molecular weight excluding hydrogens is 415 g/mol. The highest BCUT2D eigenvalue weighted by Crippen LogP contribution is 2.28. The molecule has 0 radical (unpaired) electrons. The number of aromatic nitrogens is 2. The van der Waals surface area contributed by atoms with E-state index in [1.54, 1.807) is 45.0 Å². The Bertz CT molecular complexity index is 1190. The van der Waals surface area contributed by atoms with E-state index < -0.39 is 32.0 Å². The van der Waals surface area contributed by atoms with Crippen LogP contribution in [0, 0.1) is 17.5 Å². The SMILES string of the molecule is CC(C)(C)S(=O)(=O)Cc1ccccc1Nc1ncc(F)c(-c2ccc(F)cc2F)n1. The number of hydrogen-bond acceptors (Lipinski definition) is 5. The summed E-state index contributed by atoms with van der Waals surface area (Å²) >= 11 is 0. The number of benzene rings is 2. The van der Waals surface area contributed by atoms with Gasteiger partial charge in [0.05, 0.1) is 16.7 Å². The quantitative estimate of drug-likeness (QED) is 0.609. The standard InChI is InChI=1S/C21H20F3N3O2S/c1-21(2,3)30(28,29)12-13-6-4-5-7-18(13)26-20-25-11-17(24)19(27-20)15-9-8-14(22)10-16(15)23/h4-11H,12H2,1-3H3,(H,25,26,27). The fourth-order valence-corrected chi connectivity index (χ4v) is 3.70. The minimum atomic E-state index is -3.46. The molecule has 2 aromatic carbocycles. The normalized spacial score (nSPS) is 12.1. The van der Waals surface area contributed by atoms with Gasteiger partial charge < -0.3 is 5.32 Å². The summed E-state index contributed by atoms with van der Waals surface area (Å²) in [6, 6.07) is 9.40. The predicted octanol–water partition coefficient (Wildman–Crippen LogP) is 5.02. The minimum Gasteiger partial charge on any atom is -0.324 e. The Labute approximate surface area is 172 Å². The number of anilines is 2. The van der Waals surface area contributed by atoms with Crippen molar-refractivity contribution in [3.8, 4) is 11.3 Å². The number of nitrogens with zero attached hydrogens (tertiary/aromatic N) is 2. The Morgan fingerprint density at radius 2 is 1.70 bits per heavy atom. The van der Waals surface area contributed by atoms with Crippen LogP contribution < -0.4 is 5.32 Å². The molecule has 0 amide bonds. The van der Waals surface area contributed by atoms with Crippen LogP contribution in [0.2, 0.25) is 0 Å². The summed E-state index contributed by atoms with van der Waals surface area (Å²) in [5.74, 6) is -2.92. The summed E-state index contributed by atoms with van der Waals surface area (Å²) in [6.45, 7) is 4.85. The summed E-state index contributed by atoms with van der Waals surface area (Å²) < 4.78 is 65.7. The van der Waals surface area contributed by atoms with Crippen molar-refractivity contribution in [1.29, 1.82) is 0 Å². The molecule has 0 saturated heterocycles. The van der Waals surface area contributed by atoms with Crippen LogP contribution in [0.4, 0.5) is 24.8 Å². The van der Waals surface area contributed by atoms with E-state index in [-0.39, 0.29) is 23.0 Å². The monoisotopic (exact) mass is 435 g/mol. The van der Waals surface area contributed by atoms with Gasteiger partial charge in [0.15, 0.2) is 15.7 Å². The van der Waals surface area contributed by atoms with Gasteiger partial charge in [0.25, 0.3) is 0 Å². The molecule has 0 bridgehead atoms. The highest BCUT2D eigenvalue weighted by molar-refractivity contribution is 7.91. The largest absolute Gasteiger partial charge is 0.324 e. The van der Waals surface area contributed by atoms with Crippen LogP contribution in [0.1, 0.15) is 26.3 Å². The highest BCUT2D eigenvalue weighted by Gasteiger charge is 2.29. The molecule has 5 nitrogen and oxygen atoms in total. The van der Waals surface area contributed by atoms with E-state index in [9.17, 15) is 21.6 Å². The summed E-state index contributed by atoms with van der Waals surface area (Å²) in [7, 11) is -3.46. The third-order valence-electron chi connectivity index (χ3n) is 4.47. The van der Waals surface area contributed by atoms with Crippen molar-refractivity contribution in [2.24, 2.45) is 0 Å². The van der Waals surface area contributed by atoms with Crippen molar-refractivity contribution < 1.29 is 21.6 Å². The summed E-state index contributed by atoms with van der Waals surface area (Å²) in [4.78, 5) is 7.86. The van der Waals surface area contributed by atoms with Gasteiger partial charge in [-0.3, -0.25) is 0 Å². The van der Waals surface area contributed by atoms with Gasteiger partial charge in [-0.25, -0.2) is 31.6 Å². The van der Waals surface area contributed by atoms with E-state index in [0.717, 1.165) is 18.3 Å². The first kappa shape index (κ1) is 21.8. The van der Waals surface area contributed by atoms with E-state index in [1.807, 2.05) is 0 Å². The predicted molar refractivity (Wildman–Crippen MR) is 109 cm³/mol. The number of rotatable bonds is 5. The van der Waals surface area contributed by atoms with E-state index >= 15 is 0 Å². The number of halogens is 3. The molecule has 0 unspecified atom stereocenters. The van der Waals surface area contributed by atoms with Gasteiger partial charge in [-0.2, -0.15) is 0 Å². The molecule has 3 rings (SSSR count). The minimum absolute atomic E-state index is 0.0595. The maximum Gasteiger partial charge on any atom is 0.227 e. The molecule has 0 atom stereocenters. The fourth-order valence-electron chi connectivity index (χ4n) is 2.61. The molecule has 3 aromatic rings.